The van der Waals surface area contributed by atoms with Crippen LogP contribution >= 0.6 is 0 Å². The quantitative estimate of drug-likeness (QED) is 0.806. The Kier molecular flexibility index (Phi) is 4.20. The predicted molar refractivity (Wildman–Crippen MR) is 84.3 cm³/mol. The van der Waals surface area contributed by atoms with Gasteiger partial charge in [-0.05, 0) is 30.3 Å². The largest absolute Gasteiger partial charge is 0.461 e. The number of carbonyl (C=O) groups excluding carboxylic acids is 1. The maximum absolute atomic E-state index is 12.6. The van der Waals surface area contributed by atoms with Crippen molar-refractivity contribution in [3.8, 4) is 0 Å². The highest BCUT2D eigenvalue weighted by atomic mass is 16.7. The van der Waals surface area contributed by atoms with Gasteiger partial charge in [-0.1, -0.05) is 36.4 Å². The van der Waals surface area contributed by atoms with Crippen molar-refractivity contribution >= 4 is 17.3 Å². The van der Waals surface area contributed by atoms with Crippen molar-refractivity contribution in [2.45, 2.75) is 0 Å². The van der Waals surface area contributed by atoms with Crippen LogP contribution in [-0.2, 0) is 14.3 Å². The topological polar surface area (TPSA) is 38.8 Å². The normalized spacial score (nSPS) is 13.4. The zero-order chi connectivity index (χ0) is 15.2. The van der Waals surface area contributed by atoms with Gasteiger partial charge in [0.15, 0.2) is 5.76 Å². The summed E-state index contributed by atoms with van der Waals surface area (Å²) < 4.78 is 10.1. The van der Waals surface area contributed by atoms with Gasteiger partial charge < -0.3 is 9.47 Å². The van der Waals surface area contributed by atoms with E-state index in [0.717, 1.165) is 11.4 Å². The Balaban J connectivity index is 1.90. The summed E-state index contributed by atoms with van der Waals surface area (Å²) in [7, 11) is 0. The lowest BCUT2D eigenvalue weighted by molar-refractivity contribution is -0.113. The van der Waals surface area contributed by atoms with Crippen molar-refractivity contribution in [1.29, 1.82) is 0 Å². The zero-order valence-electron chi connectivity index (χ0n) is 11.9. The number of hydrogen-bond donors (Lipinski definition) is 0. The Hall–Kier alpha value is -3.01. The average molecular weight is 293 g/mol. The van der Waals surface area contributed by atoms with Gasteiger partial charge in [0.25, 0.3) is 5.91 Å². The molecule has 4 nitrogen and oxygen atoms in total. The van der Waals surface area contributed by atoms with Gasteiger partial charge in [0.05, 0.1) is 0 Å². The molecule has 0 radical (unpaired) electrons. The van der Waals surface area contributed by atoms with E-state index < -0.39 is 0 Å². The second kappa shape index (κ2) is 6.63. The van der Waals surface area contributed by atoms with Crippen molar-refractivity contribution in [2.75, 3.05) is 11.7 Å². The molecule has 0 bridgehead atoms. The van der Waals surface area contributed by atoms with Crippen molar-refractivity contribution in [2.24, 2.45) is 0 Å². The zero-order valence-corrected chi connectivity index (χ0v) is 11.9. The van der Waals surface area contributed by atoms with E-state index >= 15 is 0 Å². The molecular weight excluding hydrogens is 278 g/mol. The molecule has 0 aliphatic carbocycles. The summed E-state index contributed by atoms with van der Waals surface area (Å²) in [6, 6.07) is 19.0. The number of para-hydroxylation sites is 2. The maximum atomic E-state index is 12.6. The molecule has 110 valence electrons. The summed E-state index contributed by atoms with van der Waals surface area (Å²) >= 11 is 0. The molecule has 1 aliphatic heterocycles. The van der Waals surface area contributed by atoms with Crippen LogP contribution in [-0.4, -0.2) is 12.7 Å². The van der Waals surface area contributed by atoms with Crippen LogP contribution in [0.2, 0.25) is 0 Å². The minimum atomic E-state index is -0.159. The number of rotatable bonds is 4. The molecule has 1 aliphatic rings. The average Bonchev–Trinajstić information content (AvgIpc) is 3.09. The highest BCUT2D eigenvalue weighted by Crippen LogP contribution is 2.25. The number of hydrogen-bond acceptors (Lipinski definition) is 3. The summed E-state index contributed by atoms with van der Waals surface area (Å²) in [5.74, 6) is 0.378. The number of anilines is 2. The summed E-state index contributed by atoms with van der Waals surface area (Å²) in [6.07, 6.45) is 4.56. The fourth-order valence-corrected chi connectivity index (χ4v) is 2.13. The van der Waals surface area contributed by atoms with Crippen molar-refractivity contribution in [1.82, 2.24) is 0 Å². The van der Waals surface area contributed by atoms with Gasteiger partial charge in [-0.25, -0.2) is 0 Å². The van der Waals surface area contributed by atoms with E-state index in [1.165, 1.54) is 12.3 Å². The van der Waals surface area contributed by atoms with Crippen LogP contribution in [0, 0.1) is 0 Å². The van der Waals surface area contributed by atoms with E-state index in [4.69, 9.17) is 9.47 Å². The molecule has 0 unspecified atom stereocenters. The Morgan fingerprint density at radius 2 is 1.55 bits per heavy atom. The van der Waals surface area contributed by atoms with Crippen molar-refractivity contribution < 1.29 is 14.3 Å². The van der Waals surface area contributed by atoms with Crippen LogP contribution in [0.4, 0.5) is 11.4 Å². The van der Waals surface area contributed by atoms with Crippen LogP contribution in [0.3, 0.4) is 0 Å². The van der Waals surface area contributed by atoms with Crippen LogP contribution in [0.1, 0.15) is 0 Å². The smallest absolute Gasteiger partial charge is 0.255 e. The minimum Gasteiger partial charge on any atom is -0.461 e. The number of carbonyl (C=O) groups is 1. The van der Waals surface area contributed by atoms with Gasteiger partial charge in [-0.15, -0.1) is 0 Å². The van der Waals surface area contributed by atoms with Crippen LogP contribution in [0.15, 0.2) is 84.8 Å². The lowest BCUT2D eigenvalue weighted by atomic mass is 10.2. The second-order valence-electron chi connectivity index (χ2n) is 4.63. The molecule has 1 heterocycles. The molecule has 0 aromatic heterocycles. The SMILES string of the molecule is O=C(C=CC1=COCO1)N(c1ccccc1)c1ccccc1. The van der Waals surface area contributed by atoms with Gasteiger partial charge in [0.2, 0.25) is 6.79 Å². The van der Waals surface area contributed by atoms with Crippen molar-refractivity contribution in [3.05, 3.63) is 84.8 Å². The Morgan fingerprint density at radius 1 is 0.955 bits per heavy atom. The number of ether oxygens (including phenoxy) is 2. The molecule has 22 heavy (non-hydrogen) atoms. The molecule has 3 rings (SSSR count). The van der Waals surface area contributed by atoms with Gasteiger partial charge in [0.1, 0.15) is 6.26 Å². The second-order valence-corrected chi connectivity index (χ2v) is 4.63. The highest BCUT2D eigenvalue weighted by molar-refractivity contribution is 6.07. The molecule has 0 saturated carbocycles. The third-order valence-electron chi connectivity index (χ3n) is 3.13. The third-order valence-corrected chi connectivity index (χ3v) is 3.13. The standard InChI is InChI=1S/C18H15NO3/c20-18(12-11-17-13-21-14-22-17)19(15-7-3-1-4-8-15)16-9-5-2-6-10-16/h1-13H,14H2. The van der Waals surface area contributed by atoms with Crippen LogP contribution < -0.4 is 4.90 Å². The number of amides is 1. The summed E-state index contributed by atoms with van der Waals surface area (Å²) in [4.78, 5) is 14.3. The monoisotopic (exact) mass is 293 g/mol. The molecule has 2 aromatic rings. The molecule has 0 atom stereocenters. The van der Waals surface area contributed by atoms with Gasteiger partial charge in [0, 0.05) is 17.5 Å². The van der Waals surface area contributed by atoms with E-state index in [-0.39, 0.29) is 12.7 Å². The Labute approximate surface area is 128 Å². The molecule has 1 amide bonds. The maximum Gasteiger partial charge on any atom is 0.255 e. The summed E-state index contributed by atoms with van der Waals surface area (Å²) in [5, 5.41) is 0. The van der Waals surface area contributed by atoms with Crippen LogP contribution in [0.25, 0.3) is 0 Å². The van der Waals surface area contributed by atoms with E-state index in [9.17, 15) is 4.79 Å². The Morgan fingerprint density at radius 3 is 2.05 bits per heavy atom. The highest BCUT2D eigenvalue weighted by Gasteiger charge is 2.15. The lowest BCUT2D eigenvalue weighted by Crippen LogP contribution is -2.23. The molecule has 2 aromatic carbocycles. The van der Waals surface area contributed by atoms with E-state index in [1.807, 2.05) is 60.7 Å². The van der Waals surface area contributed by atoms with E-state index in [1.54, 1.807) is 11.0 Å². The number of benzene rings is 2. The summed E-state index contributed by atoms with van der Waals surface area (Å²) in [6.45, 7) is 0.189. The molecule has 0 fully saturated rings. The first kappa shape index (κ1) is 13.9. The molecule has 4 heteroatoms. The number of allylic oxidation sites excluding steroid dienone is 1. The molecule has 0 N–H and O–H groups in total. The predicted octanol–water partition coefficient (Wildman–Crippen LogP) is 3.75. The van der Waals surface area contributed by atoms with Crippen LogP contribution in [0.5, 0.6) is 0 Å². The number of nitrogens with zero attached hydrogens (tertiary/aromatic N) is 1. The van der Waals surface area contributed by atoms with Gasteiger partial charge in [-0.3, -0.25) is 9.69 Å². The van der Waals surface area contributed by atoms with E-state index in [0.29, 0.717) is 5.76 Å². The fourth-order valence-electron chi connectivity index (χ4n) is 2.13. The van der Waals surface area contributed by atoms with E-state index in [2.05, 4.69) is 0 Å². The third kappa shape index (κ3) is 3.17. The first-order chi connectivity index (χ1) is 10.8. The summed E-state index contributed by atoms with van der Waals surface area (Å²) in [5.41, 5.74) is 1.61. The first-order valence-electron chi connectivity index (χ1n) is 6.91. The van der Waals surface area contributed by atoms with Crippen molar-refractivity contribution in [3.63, 3.8) is 0 Å². The van der Waals surface area contributed by atoms with Gasteiger partial charge >= 0.3 is 0 Å². The molecule has 0 saturated heterocycles. The van der Waals surface area contributed by atoms with Gasteiger partial charge in [-0.2, -0.15) is 0 Å². The fraction of sp³-hybridized carbons (Fsp3) is 0.0556. The first-order valence-corrected chi connectivity index (χ1v) is 6.91. The Bertz CT molecular complexity index is 653. The molecular formula is C18H15NO3. The lowest BCUT2D eigenvalue weighted by Gasteiger charge is -2.21. The minimum absolute atomic E-state index is 0.159. The molecule has 0 spiro atoms.